The highest BCUT2D eigenvalue weighted by Gasteiger charge is 2.07. The molecule has 0 bridgehead atoms. The van der Waals surface area contributed by atoms with Gasteiger partial charge in [-0.3, -0.25) is 0 Å². The van der Waals surface area contributed by atoms with E-state index in [-0.39, 0.29) is 19.0 Å². The van der Waals surface area contributed by atoms with Gasteiger partial charge in [0.1, 0.15) is 0 Å². The number of thiazole rings is 1. The molecule has 0 fully saturated rings. The first-order valence-corrected chi connectivity index (χ1v) is 5.97. The van der Waals surface area contributed by atoms with Crippen molar-refractivity contribution in [1.29, 1.82) is 0 Å². The summed E-state index contributed by atoms with van der Waals surface area (Å²) in [6.45, 7) is 2.47. The lowest BCUT2D eigenvalue weighted by Gasteiger charge is -2.07. The van der Waals surface area contributed by atoms with Gasteiger partial charge in [-0.1, -0.05) is 12.1 Å². The van der Waals surface area contributed by atoms with Crippen molar-refractivity contribution >= 4 is 23.7 Å². The van der Waals surface area contributed by atoms with Crippen LogP contribution in [-0.2, 0) is 13.2 Å². The van der Waals surface area contributed by atoms with E-state index in [1.54, 1.807) is 11.3 Å². The summed E-state index contributed by atoms with van der Waals surface area (Å²) < 4.78 is 0. The predicted molar refractivity (Wildman–Crippen MR) is 73.3 cm³/mol. The molecule has 0 saturated heterocycles. The minimum Gasteiger partial charge on any atom is -0.392 e. The fraction of sp³-hybridized carbons (Fsp3) is 0.250. The van der Waals surface area contributed by atoms with Gasteiger partial charge in [0, 0.05) is 6.54 Å². The monoisotopic (exact) mass is 270 g/mol. The van der Waals surface area contributed by atoms with E-state index >= 15 is 0 Å². The Morgan fingerprint density at radius 3 is 2.65 bits per heavy atom. The molecule has 3 nitrogen and oxygen atoms in total. The van der Waals surface area contributed by atoms with Crippen molar-refractivity contribution in [2.45, 2.75) is 20.1 Å². The zero-order valence-electron chi connectivity index (χ0n) is 9.51. The molecule has 1 aromatic heterocycles. The molecule has 2 rings (SSSR count). The summed E-state index contributed by atoms with van der Waals surface area (Å²) in [6.07, 6.45) is 0. The van der Waals surface area contributed by atoms with Crippen LogP contribution in [0.4, 0.5) is 0 Å². The van der Waals surface area contributed by atoms with E-state index in [4.69, 9.17) is 5.73 Å². The third-order valence-corrected chi connectivity index (χ3v) is 3.58. The zero-order chi connectivity index (χ0) is 11.5. The van der Waals surface area contributed by atoms with Crippen molar-refractivity contribution in [3.8, 4) is 10.4 Å². The number of hydrogen-bond acceptors (Lipinski definition) is 4. The van der Waals surface area contributed by atoms with Crippen molar-refractivity contribution in [3.63, 3.8) is 0 Å². The van der Waals surface area contributed by atoms with Gasteiger partial charge in [0.2, 0.25) is 0 Å². The Morgan fingerprint density at radius 2 is 2.12 bits per heavy atom. The van der Waals surface area contributed by atoms with Crippen LogP contribution in [0.2, 0.25) is 0 Å². The molecule has 0 aliphatic rings. The SMILES string of the molecule is Cc1ncsc1-c1ccc(CN)c(CO)c1.Cl. The molecule has 1 heterocycles. The van der Waals surface area contributed by atoms with Gasteiger partial charge < -0.3 is 10.8 Å². The van der Waals surface area contributed by atoms with Gasteiger partial charge in [-0.15, -0.1) is 23.7 Å². The molecule has 92 valence electrons. The van der Waals surface area contributed by atoms with Crippen LogP contribution in [0.3, 0.4) is 0 Å². The quantitative estimate of drug-likeness (QED) is 0.901. The smallest absolute Gasteiger partial charge is 0.0801 e. The first kappa shape index (κ1) is 14.1. The lowest BCUT2D eigenvalue weighted by Crippen LogP contribution is -2.01. The summed E-state index contributed by atoms with van der Waals surface area (Å²) in [6, 6.07) is 5.99. The Balaban J connectivity index is 0.00000144. The summed E-state index contributed by atoms with van der Waals surface area (Å²) in [7, 11) is 0. The summed E-state index contributed by atoms with van der Waals surface area (Å²) >= 11 is 1.61. The normalized spacial score (nSPS) is 10.1. The number of aliphatic hydroxyl groups excluding tert-OH is 1. The van der Waals surface area contributed by atoms with Gasteiger partial charge in [0.25, 0.3) is 0 Å². The molecular formula is C12H15ClN2OS. The number of halogens is 1. The molecule has 0 saturated carbocycles. The van der Waals surface area contributed by atoms with Crippen molar-refractivity contribution < 1.29 is 5.11 Å². The average Bonchev–Trinajstić information content (AvgIpc) is 2.74. The fourth-order valence-corrected chi connectivity index (χ4v) is 2.49. The molecule has 0 spiro atoms. The Labute approximate surface area is 111 Å². The van der Waals surface area contributed by atoms with Crippen LogP contribution in [0.15, 0.2) is 23.7 Å². The minimum atomic E-state index is 0. The van der Waals surface area contributed by atoms with E-state index in [9.17, 15) is 5.11 Å². The highest BCUT2D eigenvalue weighted by Crippen LogP contribution is 2.28. The van der Waals surface area contributed by atoms with Gasteiger partial charge in [-0.05, 0) is 29.7 Å². The Hall–Kier alpha value is -0.940. The molecule has 17 heavy (non-hydrogen) atoms. The highest BCUT2D eigenvalue weighted by atomic mass is 35.5. The maximum atomic E-state index is 9.27. The number of benzene rings is 1. The Bertz CT molecular complexity index is 499. The lowest BCUT2D eigenvalue weighted by atomic mass is 10.0. The number of hydrogen-bond donors (Lipinski definition) is 2. The van der Waals surface area contributed by atoms with E-state index in [0.29, 0.717) is 6.54 Å². The van der Waals surface area contributed by atoms with Crippen LogP contribution in [0.1, 0.15) is 16.8 Å². The molecule has 0 unspecified atom stereocenters. The summed E-state index contributed by atoms with van der Waals surface area (Å²) in [4.78, 5) is 5.37. The topological polar surface area (TPSA) is 59.1 Å². The van der Waals surface area contributed by atoms with Crippen molar-refractivity contribution in [2.24, 2.45) is 5.73 Å². The highest BCUT2D eigenvalue weighted by molar-refractivity contribution is 7.13. The third kappa shape index (κ3) is 2.84. The van der Waals surface area contributed by atoms with E-state index in [1.807, 2.05) is 30.6 Å². The van der Waals surface area contributed by atoms with E-state index in [2.05, 4.69) is 4.98 Å². The number of aliphatic hydroxyl groups is 1. The van der Waals surface area contributed by atoms with Crippen molar-refractivity contribution in [2.75, 3.05) is 0 Å². The molecule has 0 amide bonds. The molecule has 0 aliphatic heterocycles. The predicted octanol–water partition coefficient (Wildman–Crippen LogP) is 2.49. The summed E-state index contributed by atoms with van der Waals surface area (Å²) in [5.74, 6) is 0. The van der Waals surface area contributed by atoms with Gasteiger partial charge in [0.05, 0.1) is 22.7 Å². The first-order chi connectivity index (χ1) is 7.76. The molecule has 0 aliphatic carbocycles. The largest absolute Gasteiger partial charge is 0.392 e. The second-order valence-electron chi connectivity index (χ2n) is 3.61. The fourth-order valence-electron chi connectivity index (χ4n) is 1.69. The first-order valence-electron chi connectivity index (χ1n) is 5.09. The zero-order valence-corrected chi connectivity index (χ0v) is 11.1. The maximum absolute atomic E-state index is 9.27. The molecule has 2 aromatic rings. The van der Waals surface area contributed by atoms with E-state index in [1.165, 1.54) is 0 Å². The van der Waals surface area contributed by atoms with Gasteiger partial charge >= 0.3 is 0 Å². The van der Waals surface area contributed by atoms with E-state index < -0.39 is 0 Å². The van der Waals surface area contributed by atoms with E-state index in [0.717, 1.165) is 27.3 Å². The average molecular weight is 271 g/mol. The van der Waals surface area contributed by atoms with Gasteiger partial charge in [0.15, 0.2) is 0 Å². The van der Waals surface area contributed by atoms with Gasteiger partial charge in [-0.2, -0.15) is 0 Å². The second kappa shape index (κ2) is 6.12. The number of rotatable bonds is 3. The molecule has 5 heteroatoms. The lowest BCUT2D eigenvalue weighted by molar-refractivity contribution is 0.280. The van der Waals surface area contributed by atoms with Crippen molar-refractivity contribution in [1.82, 2.24) is 4.98 Å². The standard InChI is InChI=1S/C12H14N2OS.ClH/c1-8-12(16-7-14-8)9-2-3-10(5-13)11(4-9)6-15;/h2-4,7,15H,5-6,13H2,1H3;1H. The minimum absolute atomic E-state index is 0. The number of nitrogens with zero attached hydrogens (tertiary/aromatic N) is 1. The summed E-state index contributed by atoms with van der Waals surface area (Å²) in [5.41, 5.74) is 11.4. The third-order valence-electron chi connectivity index (χ3n) is 2.60. The van der Waals surface area contributed by atoms with Crippen LogP contribution < -0.4 is 5.73 Å². The Morgan fingerprint density at radius 1 is 1.35 bits per heavy atom. The number of aryl methyl sites for hydroxylation is 1. The van der Waals surface area contributed by atoms with Crippen molar-refractivity contribution in [3.05, 3.63) is 40.5 Å². The number of nitrogens with two attached hydrogens (primary N) is 1. The summed E-state index contributed by atoms with van der Waals surface area (Å²) in [5, 5.41) is 9.27. The van der Waals surface area contributed by atoms with Crippen LogP contribution in [0.25, 0.3) is 10.4 Å². The second-order valence-corrected chi connectivity index (χ2v) is 4.47. The molecular weight excluding hydrogens is 256 g/mol. The van der Waals surface area contributed by atoms with Crippen LogP contribution in [0.5, 0.6) is 0 Å². The van der Waals surface area contributed by atoms with Crippen LogP contribution >= 0.6 is 23.7 Å². The number of aromatic nitrogens is 1. The van der Waals surface area contributed by atoms with Crippen LogP contribution in [0, 0.1) is 6.92 Å². The molecule has 0 radical (unpaired) electrons. The molecule has 0 atom stereocenters. The van der Waals surface area contributed by atoms with Gasteiger partial charge in [-0.25, -0.2) is 4.98 Å². The van der Waals surface area contributed by atoms with Crippen LogP contribution in [-0.4, -0.2) is 10.1 Å². The molecule has 3 N–H and O–H groups in total. The Kier molecular flexibility index (Phi) is 5.08. The maximum Gasteiger partial charge on any atom is 0.0801 e. The molecule has 1 aromatic carbocycles.